The van der Waals surface area contributed by atoms with Crippen LogP contribution in [0.2, 0.25) is 5.02 Å². The Kier molecular flexibility index (Phi) is 4.32. The van der Waals surface area contributed by atoms with Gasteiger partial charge in [-0.3, -0.25) is 9.89 Å². The van der Waals surface area contributed by atoms with Gasteiger partial charge in [0.2, 0.25) is 0 Å². The van der Waals surface area contributed by atoms with Gasteiger partial charge in [-0.05, 0) is 35.9 Å². The van der Waals surface area contributed by atoms with Gasteiger partial charge in [-0.1, -0.05) is 42.4 Å². The molecule has 0 aliphatic rings. The van der Waals surface area contributed by atoms with Crippen molar-refractivity contribution in [2.24, 2.45) is 0 Å². The van der Waals surface area contributed by atoms with Gasteiger partial charge in [0.15, 0.2) is 0 Å². The van der Waals surface area contributed by atoms with Gasteiger partial charge in [0.1, 0.15) is 0 Å². The van der Waals surface area contributed by atoms with E-state index in [-0.39, 0.29) is 5.56 Å². The van der Waals surface area contributed by atoms with E-state index in [2.05, 4.69) is 11.7 Å². The second-order valence-corrected chi connectivity index (χ2v) is 6.13. The van der Waals surface area contributed by atoms with Crippen molar-refractivity contribution < 1.29 is 0 Å². The van der Waals surface area contributed by atoms with E-state index in [0.29, 0.717) is 21.3 Å². The van der Waals surface area contributed by atoms with Gasteiger partial charge < -0.3 is 4.90 Å². The quantitative estimate of drug-likeness (QED) is 0.794. The number of halogens is 1. The molecule has 0 amide bonds. The van der Waals surface area contributed by atoms with Crippen LogP contribution in [0.1, 0.15) is 5.56 Å². The molecule has 3 rings (SSSR count). The minimum absolute atomic E-state index is 0.176. The first kappa shape index (κ1) is 16.1. The van der Waals surface area contributed by atoms with E-state index in [1.807, 2.05) is 61.5 Å². The highest BCUT2D eigenvalue weighted by molar-refractivity contribution is 6.32. The number of nitrogens with one attached hydrogen (secondary N) is 1. The number of rotatable bonds is 3. The zero-order valence-corrected chi connectivity index (χ0v) is 14.3. The molecule has 0 saturated heterocycles. The standard InChI is InChI=1S/C19H18ClN3O/c1-13-16(12-14-8-10-15(11-9-14)22(2)3)19(24)23(21-13)18-7-5-4-6-17(18)20/h4-12,21H,1H2,2-3H3. The van der Waals surface area contributed by atoms with E-state index in [1.54, 1.807) is 12.1 Å². The highest BCUT2D eigenvalue weighted by Gasteiger charge is 2.07. The Morgan fingerprint density at radius 1 is 1.12 bits per heavy atom. The molecule has 3 aromatic rings. The minimum atomic E-state index is -0.176. The van der Waals surface area contributed by atoms with E-state index in [0.717, 1.165) is 11.3 Å². The molecule has 0 radical (unpaired) electrons. The van der Waals surface area contributed by atoms with Crippen molar-refractivity contribution in [2.45, 2.75) is 0 Å². The maximum atomic E-state index is 12.7. The van der Waals surface area contributed by atoms with E-state index in [9.17, 15) is 4.79 Å². The third-order valence-electron chi connectivity index (χ3n) is 3.82. The van der Waals surface area contributed by atoms with Crippen molar-refractivity contribution in [2.75, 3.05) is 19.0 Å². The van der Waals surface area contributed by atoms with Crippen molar-refractivity contribution in [1.29, 1.82) is 0 Å². The normalized spacial score (nSPS) is 11.7. The van der Waals surface area contributed by atoms with Crippen LogP contribution in [0.4, 0.5) is 5.69 Å². The summed E-state index contributed by atoms with van der Waals surface area (Å²) < 4.78 is 1.42. The molecule has 24 heavy (non-hydrogen) atoms. The third kappa shape index (κ3) is 3.01. The molecule has 0 unspecified atom stereocenters. The first-order valence-corrected chi connectivity index (χ1v) is 7.89. The molecule has 0 fully saturated rings. The summed E-state index contributed by atoms with van der Waals surface area (Å²) in [4.78, 5) is 14.7. The molecular weight excluding hydrogens is 322 g/mol. The SMILES string of the molecule is C=c1[nH]n(-c2ccccc2Cl)c(=O)c1=Cc1ccc(N(C)C)cc1. The smallest absolute Gasteiger partial charge is 0.279 e. The summed E-state index contributed by atoms with van der Waals surface area (Å²) in [6, 6.07) is 15.2. The molecule has 5 heteroatoms. The van der Waals surface area contributed by atoms with E-state index in [4.69, 9.17) is 11.6 Å². The Hall–Kier alpha value is -2.72. The van der Waals surface area contributed by atoms with Crippen LogP contribution in [-0.4, -0.2) is 23.9 Å². The number of H-pyrrole nitrogens is 1. The van der Waals surface area contributed by atoms with E-state index < -0.39 is 0 Å². The lowest BCUT2D eigenvalue weighted by Gasteiger charge is -2.11. The van der Waals surface area contributed by atoms with E-state index >= 15 is 0 Å². The Bertz CT molecular complexity index is 1030. The molecule has 1 aromatic heterocycles. The highest BCUT2D eigenvalue weighted by Crippen LogP contribution is 2.16. The Balaban J connectivity index is 2.12. The van der Waals surface area contributed by atoms with Gasteiger partial charge >= 0.3 is 0 Å². The summed E-state index contributed by atoms with van der Waals surface area (Å²) in [6.45, 7) is 3.94. The molecule has 4 nitrogen and oxygen atoms in total. The van der Waals surface area contributed by atoms with Crippen LogP contribution in [0, 0.1) is 0 Å². The van der Waals surface area contributed by atoms with Crippen molar-refractivity contribution in [3.05, 3.63) is 80.0 Å². The number of anilines is 1. The zero-order chi connectivity index (χ0) is 17.3. The largest absolute Gasteiger partial charge is 0.378 e. The van der Waals surface area contributed by atoms with Crippen LogP contribution in [0.5, 0.6) is 0 Å². The van der Waals surface area contributed by atoms with E-state index in [1.165, 1.54) is 4.68 Å². The van der Waals surface area contributed by atoms with Crippen LogP contribution in [0.25, 0.3) is 18.3 Å². The molecule has 0 aliphatic heterocycles. The lowest BCUT2D eigenvalue weighted by Crippen LogP contribution is -2.34. The molecule has 1 heterocycles. The second-order valence-electron chi connectivity index (χ2n) is 5.73. The van der Waals surface area contributed by atoms with Crippen LogP contribution in [0.3, 0.4) is 0 Å². The fraction of sp³-hybridized carbons (Fsp3) is 0.105. The maximum Gasteiger partial charge on any atom is 0.279 e. The number of benzene rings is 2. The first-order chi connectivity index (χ1) is 11.5. The Morgan fingerprint density at radius 3 is 2.42 bits per heavy atom. The molecular formula is C19H18ClN3O. The lowest BCUT2D eigenvalue weighted by atomic mass is 10.1. The highest BCUT2D eigenvalue weighted by atomic mass is 35.5. The van der Waals surface area contributed by atoms with Gasteiger partial charge in [-0.15, -0.1) is 0 Å². The number of aromatic nitrogens is 2. The van der Waals surface area contributed by atoms with Gasteiger partial charge in [-0.25, -0.2) is 4.68 Å². The van der Waals surface area contributed by atoms with Crippen molar-refractivity contribution in [3.8, 4) is 5.69 Å². The van der Waals surface area contributed by atoms with Crippen LogP contribution in [0.15, 0.2) is 53.3 Å². The number of hydrogen-bond acceptors (Lipinski definition) is 2. The zero-order valence-electron chi connectivity index (χ0n) is 13.6. The lowest BCUT2D eigenvalue weighted by molar-refractivity contribution is 0.839. The molecule has 122 valence electrons. The molecule has 0 atom stereocenters. The average Bonchev–Trinajstić information content (AvgIpc) is 2.84. The van der Waals surface area contributed by atoms with Crippen molar-refractivity contribution in [1.82, 2.24) is 9.78 Å². The Labute approximate surface area is 144 Å². The van der Waals surface area contributed by atoms with Gasteiger partial charge in [0.25, 0.3) is 5.56 Å². The number of para-hydroxylation sites is 1. The maximum absolute atomic E-state index is 12.7. The molecule has 1 N–H and O–H groups in total. The van der Waals surface area contributed by atoms with Gasteiger partial charge in [-0.2, -0.15) is 0 Å². The predicted molar refractivity (Wildman–Crippen MR) is 101 cm³/mol. The average molecular weight is 340 g/mol. The number of hydrogen-bond donors (Lipinski definition) is 1. The van der Waals surface area contributed by atoms with Gasteiger partial charge in [0.05, 0.1) is 21.3 Å². The Morgan fingerprint density at radius 2 is 1.79 bits per heavy atom. The fourth-order valence-electron chi connectivity index (χ4n) is 2.48. The summed E-state index contributed by atoms with van der Waals surface area (Å²) in [5, 5.41) is 4.56. The van der Waals surface area contributed by atoms with Crippen LogP contribution >= 0.6 is 11.6 Å². The minimum Gasteiger partial charge on any atom is -0.378 e. The van der Waals surface area contributed by atoms with Crippen LogP contribution < -0.4 is 21.0 Å². The second kappa shape index (κ2) is 6.42. The topological polar surface area (TPSA) is 41.0 Å². The first-order valence-electron chi connectivity index (χ1n) is 7.51. The summed E-state index contributed by atoms with van der Waals surface area (Å²) in [7, 11) is 3.97. The summed E-state index contributed by atoms with van der Waals surface area (Å²) in [5.74, 6) is 0. The number of nitrogens with zero attached hydrogens (tertiary/aromatic N) is 2. The van der Waals surface area contributed by atoms with Crippen LogP contribution in [-0.2, 0) is 0 Å². The molecule has 0 aliphatic carbocycles. The molecule has 0 saturated carbocycles. The summed E-state index contributed by atoms with van der Waals surface area (Å²) >= 11 is 6.18. The van der Waals surface area contributed by atoms with Crippen molar-refractivity contribution >= 4 is 29.9 Å². The molecule has 0 spiro atoms. The molecule has 2 aromatic carbocycles. The summed E-state index contributed by atoms with van der Waals surface area (Å²) in [6.07, 6.45) is 1.83. The predicted octanol–water partition coefficient (Wildman–Crippen LogP) is 2.12. The van der Waals surface area contributed by atoms with Crippen molar-refractivity contribution in [3.63, 3.8) is 0 Å². The molecule has 0 bridgehead atoms. The van der Waals surface area contributed by atoms with Gasteiger partial charge in [0, 0.05) is 19.8 Å². The number of aromatic amines is 1. The third-order valence-corrected chi connectivity index (χ3v) is 4.14. The summed E-state index contributed by atoms with van der Waals surface area (Å²) in [5.41, 5.74) is 2.47. The fourth-order valence-corrected chi connectivity index (χ4v) is 2.70. The monoisotopic (exact) mass is 339 g/mol.